The number of anilines is 1. The zero-order valence-electron chi connectivity index (χ0n) is 11.5. The molecule has 19 heavy (non-hydrogen) atoms. The summed E-state index contributed by atoms with van der Waals surface area (Å²) >= 11 is 0. The number of hydrogen-bond donors (Lipinski definition) is 2. The topological polar surface area (TPSA) is 55.1 Å². The summed E-state index contributed by atoms with van der Waals surface area (Å²) in [5, 5.41) is 3.38. The highest BCUT2D eigenvalue weighted by Crippen LogP contribution is 2.36. The largest absolute Gasteiger partial charge is 0.382 e. The molecule has 0 spiro atoms. The van der Waals surface area contributed by atoms with Crippen molar-refractivity contribution in [3.63, 3.8) is 0 Å². The number of rotatable bonds is 3. The first-order valence-corrected chi connectivity index (χ1v) is 6.73. The minimum Gasteiger partial charge on any atom is -0.382 e. The molecule has 0 aliphatic heterocycles. The van der Waals surface area contributed by atoms with Crippen LogP contribution in [-0.4, -0.2) is 11.9 Å². The average Bonchev–Trinajstić information content (AvgIpc) is 2.30. The number of benzene rings is 1. The second kappa shape index (κ2) is 5.19. The third kappa shape index (κ3) is 3.46. The molecule has 3 nitrogen and oxygen atoms in total. The molecule has 1 aliphatic rings. The molecule has 104 valence electrons. The van der Waals surface area contributed by atoms with E-state index < -0.39 is 11.7 Å². The van der Waals surface area contributed by atoms with Crippen LogP contribution in [0.5, 0.6) is 0 Å². The van der Waals surface area contributed by atoms with Crippen LogP contribution >= 0.6 is 0 Å². The van der Waals surface area contributed by atoms with Crippen molar-refractivity contribution in [2.45, 2.75) is 45.6 Å². The van der Waals surface area contributed by atoms with E-state index in [1.807, 2.05) is 0 Å². The molecule has 0 bridgehead atoms. The summed E-state index contributed by atoms with van der Waals surface area (Å²) < 4.78 is 13.4. The van der Waals surface area contributed by atoms with E-state index in [0.717, 1.165) is 18.5 Å². The predicted octanol–water partition coefficient (Wildman–Crippen LogP) is 3.31. The van der Waals surface area contributed by atoms with Gasteiger partial charge in [-0.3, -0.25) is 4.79 Å². The summed E-state index contributed by atoms with van der Waals surface area (Å²) in [5.41, 5.74) is 6.20. The van der Waals surface area contributed by atoms with Crippen molar-refractivity contribution in [3.8, 4) is 0 Å². The second-order valence-electron chi connectivity index (χ2n) is 6.16. The molecular formula is C15H21FN2O. The first-order valence-electron chi connectivity index (χ1n) is 6.73. The number of nitrogens with two attached hydrogens (primary N) is 1. The van der Waals surface area contributed by atoms with E-state index in [1.165, 1.54) is 25.0 Å². The Labute approximate surface area is 113 Å². The van der Waals surface area contributed by atoms with Crippen LogP contribution in [-0.2, 0) is 0 Å². The molecule has 0 aromatic heterocycles. The van der Waals surface area contributed by atoms with Gasteiger partial charge in [-0.15, -0.1) is 0 Å². The van der Waals surface area contributed by atoms with Crippen molar-refractivity contribution in [3.05, 3.63) is 29.6 Å². The van der Waals surface area contributed by atoms with Crippen molar-refractivity contribution in [2.75, 3.05) is 5.32 Å². The molecular weight excluding hydrogens is 243 g/mol. The van der Waals surface area contributed by atoms with Gasteiger partial charge in [0.05, 0.1) is 5.56 Å². The monoisotopic (exact) mass is 264 g/mol. The summed E-state index contributed by atoms with van der Waals surface area (Å²) in [6, 6.07) is 4.81. The Morgan fingerprint density at radius 2 is 2.21 bits per heavy atom. The summed E-state index contributed by atoms with van der Waals surface area (Å²) in [5.74, 6) is -1.30. The maximum atomic E-state index is 13.4. The molecule has 1 fully saturated rings. The van der Waals surface area contributed by atoms with Crippen LogP contribution in [0.25, 0.3) is 0 Å². The maximum Gasteiger partial charge on any atom is 0.251 e. The van der Waals surface area contributed by atoms with Crippen LogP contribution in [0.15, 0.2) is 18.2 Å². The molecule has 0 heterocycles. The molecule has 4 heteroatoms. The van der Waals surface area contributed by atoms with E-state index in [0.29, 0.717) is 11.5 Å². The van der Waals surface area contributed by atoms with Gasteiger partial charge in [-0.2, -0.15) is 0 Å². The van der Waals surface area contributed by atoms with Gasteiger partial charge < -0.3 is 11.1 Å². The Bertz CT molecular complexity index is 485. The number of hydrogen-bond acceptors (Lipinski definition) is 2. The Hall–Kier alpha value is -1.58. The highest BCUT2D eigenvalue weighted by atomic mass is 19.1. The zero-order valence-corrected chi connectivity index (χ0v) is 11.5. The van der Waals surface area contributed by atoms with Crippen molar-refractivity contribution >= 4 is 11.6 Å². The number of amides is 1. The van der Waals surface area contributed by atoms with Gasteiger partial charge in [0.25, 0.3) is 5.91 Å². The fourth-order valence-corrected chi connectivity index (χ4v) is 2.86. The van der Waals surface area contributed by atoms with Crippen LogP contribution in [0, 0.1) is 11.2 Å². The smallest absolute Gasteiger partial charge is 0.251 e. The highest BCUT2D eigenvalue weighted by Gasteiger charge is 2.27. The van der Waals surface area contributed by atoms with Gasteiger partial charge >= 0.3 is 0 Å². The molecule has 1 aromatic carbocycles. The lowest BCUT2D eigenvalue weighted by Crippen LogP contribution is -2.31. The standard InChI is InChI=1S/C15H21FN2O/c1-15(2)7-3-4-11(9-15)18-10-5-6-13(16)12(8-10)14(17)19/h5-6,8,11,18H,3-4,7,9H2,1-2H3,(H2,17,19). The summed E-state index contributed by atoms with van der Waals surface area (Å²) in [6.45, 7) is 4.53. The Balaban J connectivity index is 2.11. The fourth-order valence-electron chi connectivity index (χ4n) is 2.86. The molecule has 1 aliphatic carbocycles. The van der Waals surface area contributed by atoms with Gasteiger partial charge in [0, 0.05) is 11.7 Å². The quantitative estimate of drug-likeness (QED) is 0.880. The Morgan fingerprint density at radius 1 is 1.47 bits per heavy atom. The van der Waals surface area contributed by atoms with Gasteiger partial charge in [0.2, 0.25) is 0 Å². The lowest BCUT2D eigenvalue weighted by Gasteiger charge is -2.36. The Kier molecular flexibility index (Phi) is 3.78. The van der Waals surface area contributed by atoms with E-state index >= 15 is 0 Å². The molecule has 2 rings (SSSR count). The number of carbonyl (C=O) groups is 1. The van der Waals surface area contributed by atoms with E-state index in [1.54, 1.807) is 6.07 Å². The molecule has 3 N–H and O–H groups in total. The number of primary amides is 1. The molecule has 1 aromatic rings. The van der Waals surface area contributed by atoms with E-state index in [-0.39, 0.29) is 5.56 Å². The van der Waals surface area contributed by atoms with Crippen LogP contribution in [0.3, 0.4) is 0 Å². The van der Waals surface area contributed by atoms with Crippen LogP contribution in [0.1, 0.15) is 49.9 Å². The molecule has 0 saturated heterocycles. The second-order valence-corrected chi connectivity index (χ2v) is 6.16. The van der Waals surface area contributed by atoms with Gasteiger partial charge in [-0.05, 0) is 42.9 Å². The first kappa shape index (κ1) is 13.8. The SMILES string of the molecule is CC1(C)CCCC(Nc2ccc(F)c(C(N)=O)c2)C1. The third-order valence-corrected chi connectivity index (χ3v) is 3.81. The van der Waals surface area contributed by atoms with Crippen molar-refractivity contribution in [1.29, 1.82) is 0 Å². The van der Waals surface area contributed by atoms with Gasteiger partial charge in [-0.25, -0.2) is 4.39 Å². The molecule has 1 unspecified atom stereocenters. The highest BCUT2D eigenvalue weighted by molar-refractivity contribution is 5.94. The first-order chi connectivity index (χ1) is 8.87. The maximum absolute atomic E-state index is 13.4. The van der Waals surface area contributed by atoms with E-state index in [9.17, 15) is 9.18 Å². The molecule has 1 atom stereocenters. The summed E-state index contributed by atoms with van der Waals surface area (Å²) in [4.78, 5) is 11.1. The number of carbonyl (C=O) groups excluding carboxylic acids is 1. The lowest BCUT2D eigenvalue weighted by molar-refractivity contribution is 0.0996. The number of nitrogens with one attached hydrogen (secondary N) is 1. The van der Waals surface area contributed by atoms with Crippen LogP contribution in [0.4, 0.5) is 10.1 Å². The lowest BCUT2D eigenvalue weighted by atomic mass is 9.75. The van der Waals surface area contributed by atoms with Gasteiger partial charge in [0.1, 0.15) is 5.82 Å². The Morgan fingerprint density at radius 3 is 2.84 bits per heavy atom. The molecule has 1 amide bonds. The predicted molar refractivity (Wildman–Crippen MR) is 74.6 cm³/mol. The molecule has 1 saturated carbocycles. The van der Waals surface area contributed by atoms with Crippen molar-refractivity contribution in [2.24, 2.45) is 11.1 Å². The van der Waals surface area contributed by atoms with Gasteiger partial charge in [-0.1, -0.05) is 20.3 Å². The van der Waals surface area contributed by atoms with Crippen molar-refractivity contribution in [1.82, 2.24) is 0 Å². The zero-order chi connectivity index (χ0) is 14.0. The van der Waals surface area contributed by atoms with E-state index in [4.69, 9.17) is 5.73 Å². The minimum absolute atomic E-state index is 0.0555. The summed E-state index contributed by atoms with van der Waals surface area (Å²) in [6.07, 6.45) is 4.61. The van der Waals surface area contributed by atoms with Gasteiger partial charge in [0.15, 0.2) is 0 Å². The molecule has 0 radical (unpaired) electrons. The summed E-state index contributed by atoms with van der Waals surface area (Å²) in [7, 11) is 0. The van der Waals surface area contributed by atoms with Crippen LogP contribution in [0.2, 0.25) is 0 Å². The minimum atomic E-state index is -0.731. The van der Waals surface area contributed by atoms with E-state index in [2.05, 4.69) is 19.2 Å². The average molecular weight is 264 g/mol. The normalized spacial score (nSPS) is 21.9. The third-order valence-electron chi connectivity index (χ3n) is 3.81. The van der Waals surface area contributed by atoms with Crippen molar-refractivity contribution < 1.29 is 9.18 Å². The van der Waals surface area contributed by atoms with Crippen LogP contribution < -0.4 is 11.1 Å². The fraction of sp³-hybridized carbons (Fsp3) is 0.533. The number of halogens is 1.